The van der Waals surface area contributed by atoms with E-state index < -0.39 is 5.97 Å². The van der Waals surface area contributed by atoms with Gasteiger partial charge in [0.2, 0.25) is 5.91 Å². The van der Waals surface area contributed by atoms with Gasteiger partial charge < -0.3 is 19.9 Å². The maximum atomic E-state index is 11.9. The van der Waals surface area contributed by atoms with Gasteiger partial charge >= 0.3 is 5.97 Å². The molecule has 1 atom stereocenters. The Bertz CT molecular complexity index is 546. The third kappa shape index (κ3) is 7.33. The Morgan fingerprint density at radius 3 is 3.04 bits per heavy atom. The summed E-state index contributed by atoms with van der Waals surface area (Å²) in [6.45, 7) is 1.72. The highest BCUT2D eigenvalue weighted by molar-refractivity contribution is 7.99. The van der Waals surface area contributed by atoms with Crippen LogP contribution in [0.4, 0.5) is 5.69 Å². The first-order valence-corrected chi connectivity index (χ1v) is 9.16. The van der Waals surface area contributed by atoms with Gasteiger partial charge in [-0.25, -0.2) is 0 Å². The van der Waals surface area contributed by atoms with Gasteiger partial charge in [0.15, 0.2) is 0 Å². The topological polar surface area (TPSA) is 84.9 Å². The number of rotatable bonds is 10. The number of anilines is 1. The summed E-state index contributed by atoms with van der Waals surface area (Å²) in [6.07, 6.45) is 2.58. The lowest BCUT2D eigenvalue weighted by atomic mass is 10.2. The van der Waals surface area contributed by atoms with Crippen molar-refractivity contribution in [3.63, 3.8) is 0 Å². The number of benzene rings is 1. The SMILES string of the molecule is O=C(O)CSCc1cccc(NC(=O)CCOCC2CCCO2)c1. The van der Waals surface area contributed by atoms with Gasteiger partial charge in [0.05, 0.1) is 31.5 Å². The smallest absolute Gasteiger partial charge is 0.313 e. The maximum absolute atomic E-state index is 11.9. The molecule has 24 heavy (non-hydrogen) atoms. The summed E-state index contributed by atoms with van der Waals surface area (Å²) in [5.41, 5.74) is 1.70. The summed E-state index contributed by atoms with van der Waals surface area (Å²) < 4.78 is 10.9. The molecule has 0 radical (unpaired) electrons. The van der Waals surface area contributed by atoms with Crippen molar-refractivity contribution < 1.29 is 24.2 Å². The van der Waals surface area contributed by atoms with E-state index >= 15 is 0 Å². The van der Waals surface area contributed by atoms with Gasteiger partial charge in [0, 0.05) is 18.0 Å². The van der Waals surface area contributed by atoms with Crippen LogP contribution >= 0.6 is 11.8 Å². The molecule has 1 aliphatic rings. The van der Waals surface area contributed by atoms with Crippen LogP contribution in [0.25, 0.3) is 0 Å². The Kier molecular flexibility index (Phi) is 8.07. The molecule has 1 fully saturated rings. The van der Waals surface area contributed by atoms with E-state index in [-0.39, 0.29) is 17.8 Å². The van der Waals surface area contributed by atoms with Gasteiger partial charge in [-0.1, -0.05) is 12.1 Å². The second-order valence-electron chi connectivity index (χ2n) is 5.60. The first kappa shape index (κ1) is 18.8. The van der Waals surface area contributed by atoms with Crippen LogP contribution in [0.5, 0.6) is 0 Å². The van der Waals surface area contributed by atoms with Crippen molar-refractivity contribution >= 4 is 29.3 Å². The van der Waals surface area contributed by atoms with Gasteiger partial charge in [-0.15, -0.1) is 11.8 Å². The van der Waals surface area contributed by atoms with Crippen LogP contribution in [0, 0.1) is 0 Å². The first-order valence-electron chi connectivity index (χ1n) is 8.01. The molecule has 1 amide bonds. The maximum Gasteiger partial charge on any atom is 0.313 e. The number of ether oxygens (including phenoxy) is 2. The normalized spacial score (nSPS) is 16.9. The third-order valence-electron chi connectivity index (χ3n) is 3.51. The molecule has 1 saturated heterocycles. The largest absolute Gasteiger partial charge is 0.481 e. The molecule has 1 aromatic carbocycles. The highest BCUT2D eigenvalue weighted by Crippen LogP contribution is 2.17. The van der Waals surface area contributed by atoms with E-state index in [0.717, 1.165) is 25.0 Å². The molecule has 0 saturated carbocycles. The monoisotopic (exact) mass is 353 g/mol. The predicted octanol–water partition coefficient (Wildman–Crippen LogP) is 2.53. The lowest BCUT2D eigenvalue weighted by Crippen LogP contribution is -2.18. The molecule has 1 unspecified atom stereocenters. The number of hydrogen-bond acceptors (Lipinski definition) is 5. The number of nitrogens with one attached hydrogen (secondary N) is 1. The molecule has 132 valence electrons. The Morgan fingerprint density at radius 1 is 1.42 bits per heavy atom. The number of thioether (sulfide) groups is 1. The van der Waals surface area contributed by atoms with Gasteiger partial charge in [-0.3, -0.25) is 9.59 Å². The number of carboxylic acid groups (broad SMARTS) is 1. The highest BCUT2D eigenvalue weighted by Gasteiger charge is 2.15. The van der Waals surface area contributed by atoms with E-state index in [9.17, 15) is 9.59 Å². The molecular weight excluding hydrogens is 330 g/mol. The van der Waals surface area contributed by atoms with Crippen molar-refractivity contribution in [2.75, 3.05) is 30.9 Å². The van der Waals surface area contributed by atoms with Gasteiger partial charge in [-0.05, 0) is 30.5 Å². The van der Waals surface area contributed by atoms with E-state index in [1.165, 1.54) is 11.8 Å². The van der Waals surface area contributed by atoms with Crippen LogP contribution in [0.1, 0.15) is 24.8 Å². The summed E-state index contributed by atoms with van der Waals surface area (Å²) in [5.74, 6) is -0.260. The second kappa shape index (κ2) is 10.3. The Labute approximate surface area is 145 Å². The van der Waals surface area contributed by atoms with Crippen molar-refractivity contribution in [3.05, 3.63) is 29.8 Å². The predicted molar refractivity (Wildman–Crippen MR) is 93.3 cm³/mol. The minimum absolute atomic E-state index is 0.0681. The zero-order valence-corrected chi connectivity index (χ0v) is 14.3. The summed E-state index contributed by atoms with van der Waals surface area (Å²) in [5, 5.41) is 11.5. The molecule has 2 N–H and O–H groups in total. The number of aliphatic carboxylic acids is 1. The molecule has 0 spiro atoms. The van der Waals surface area contributed by atoms with Crippen LogP contribution in [0.3, 0.4) is 0 Å². The molecule has 1 aliphatic heterocycles. The van der Waals surface area contributed by atoms with Gasteiger partial charge in [0.1, 0.15) is 0 Å². The number of amides is 1. The zero-order valence-electron chi connectivity index (χ0n) is 13.5. The fourth-order valence-corrected chi connectivity index (χ4v) is 3.07. The number of carbonyl (C=O) groups excluding carboxylic acids is 1. The minimum Gasteiger partial charge on any atom is -0.481 e. The van der Waals surface area contributed by atoms with E-state index in [0.29, 0.717) is 31.1 Å². The molecular formula is C17H23NO5S. The van der Waals surface area contributed by atoms with Crippen LogP contribution in [-0.2, 0) is 24.8 Å². The summed E-state index contributed by atoms with van der Waals surface area (Å²) >= 11 is 1.33. The lowest BCUT2D eigenvalue weighted by molar-refractivity contribution is -0.133. The first-order chi connectivity index (χ1) is 11.6. The minimum atomic E-state index is -0.826. The quantitative estimate of drug-likeness (QED) is 0.629. The third-order valence-corrected chi connectivity index (χ3v) is 4.49. The van der Waals surface area contributed by atoms with Gasteiger partial charge in [-0.2, -0.15) is 0 Å². The lowest BCUT2D eigenvalue weighted by Gasteiger charge is -2.10. The number of carbonyl (C=O) groups is 2. The molecule has 1 heterocycles. The summed E-state index contributed by atoms with van der Waals surface area (Å²) in [4.78, 5) is 22.4. The Morgan fingerprint density at radius 2 is 2.29 bits per heavy atom. The Balaban J connectivity index is 1.65. The fraction of sp³-hybridized carbons (Fsp3) is 0.529. The zero-order chi connectivity index (χ0) is 17.2. The van der Waals surface area contributed by atoms with Crippen LogP contribution < -0.4 is 5.32 Å². The standard InChI is InChI=1S/C17H23NO5S/c19-16(6-8-22-10-15-5-2-7-23-15)18-14-4-1-3-13(9-14)11-24-12-17(20)21/h1,3-4,9,15H,2,5-8,10-12H2,(H,18,19)(H,20,21). The molecule has 1 aromatic rings. The molecule has 6 nitrogen and oxygen atoms in total. The molecule has 7 heteroatoms. The van der Waals surface area contributed by atoms with Crippen molar-refractivity contribution in [2.45, 2.75) is 31.1 Å². The molecule has 0 aromatic heterocycles. The van der Waals surface area contributed by atoms with E-state index in [1.54, 1.807) is 0 Å². The Hall–Kier alpha value is -1.57. The van der Waals surface area contributed by atoms with Crippen LogP contribution in [-0.4, -0.2) is 48.7 Å². The number of carboxylic acids is 1. The average molecular weight is 353 g/mol. The van der Waals surface area contributed by atoms with Crippen LogP contribution in [0.2, 0.25) is 0 Å². The molecule has 0 aliphatic carbocycles. The van der Waals surface area contributed by atoms with Crippen LogP contribution in [0.15, 0.2) is 24.3 Å². The second-order valence-corrected chi connectivity index (χ2v) is 6.58. The van der Waals surface area contributed by atoms with E-state index in [4.69, 9.17) is 14.6 Å². The summed E-state index contributed by atoms with van der Waals surface area (Å²) in [6, 6.07) is 7.44. The van der Waals surface area contributed by atoms with E-state index in [1.807, 2.05) is 24.3 Å². The van der Waals surface area contributed by atoms with E-state index in [2.05, 4.69) is 5.32 Å². The molecule has 2 rings (SSSR count). The van der Waals surface area contributed by atoms with Gasteiger partial charge in [0.25, 0.3) is 0 Å². The van der Waals surface area contributed by atoms with Crippen molar-refractivity contribution in [1.82, 2.24) is 0 Å². The summed E-state index contributed by atoms with van der Waals surface area (Å²) in [7, 11) is 0. The highest BCUT2D eigenvalue weighted by atomic mass is 32.2. The van der Waals surface area contributed by atoms with Crippen molar-refractivity contribution in [1.29, 1.82) is 0 Å². The average Bonchev–Trinajstić information content (AvgIpc) is 3.05. The van der Waals surface area contributed by atoms with Crippen molar-refractivity contribution in [3.8, 4) is 0 Å². The van der Waals surface area contributed by atoms with Crippen molar-refractivity contribution in [2.24, 2.45) is 0 Å². The number of hydrogen-bond donors (Lipinski definition) is 2. The molecule has 0 bridgehead atoms. The fourth-order valence-electron chi connectivity index (χ4n) is 2.37.